The van der Waals surface area contributed by atoms with E-state index < -0.39 is 0 Å². The van der Waals surface area contributed by atoms with Crippen molar-refractivity contribution < 1.29 is 0 Å². The first-order valence-electron chi connectivity index (χ1n) is 16.8. The van der Waals surface area contributed by atoms with E-state index >= 15 is 0 Å². The lowest BCUT2D eigenvalue weighted by Crippen LogP contribution is -2.10. The molecule has 2 aromatic heterocycles. The maximum absolute atomic E-state index is 4.73. The van der Waals surface area contributed by atoms with Crippen molar-refractivity contribution in [3.8, 4) is 34.2 Å². The van der Waals surface area contributed by atoms with Gasteiger partial charge in [-0.15, -0.1) is 10.2 Å². The minimum Gasteiger partial charge on any atom is -0.311 e. The molecule has 0 N–H and O–H groups in total. The zero-order valence-electron chi connectivity index (χ0n) is 27.6. The van der Waals surface area contributed by atoms with Gasteiger partial charge in [0.15, 0.2) is 11.6 Å². The lowest BCUT2D eigenvalue weighted by atomic mass is 10.1. The highest BCUT2D eigenvalue weighted by Gasteiger charge is 2.19. The molecular weight excluding hydrogens is 611 g/mol. The van der Waals surface area contributed by atoms with Crippen molar-refractivity contribution in [3.05, 3.63) is 188 Å². The lowest BCUT2D eigenvalue weighted by Gasteiger charge is -2.26. The summed E-state index contributed by atoms with van der Waals surface area (Å²) in [6, 6.07) is 63.9. The Morgan fingerprint density at radius 1 is 0.400 bits per heavy atom. The van der Waals surface area contributed by atoms with Crippen LogP contribution in [0.4, 0.5) is 17.1 Å². The second kappa shape index (κ2) is 12.4. The second-order valence-electron chi connectivity index (χ2n) is 12.5. The van der Waals surface area contributed by atoms with E-state index in [2.05, 4.69) is 190 Å². The number of nitrogens with zero attached hydrogens (tertiary/aromatic N) is 5. The minimum atomic E-state index is 0.794. The molecule has 50 heavy (non-hydrogen) atoms. The van der Waals surface area contributed by atoms with Gasteiger partial charge in [-0.05, 0) is 97.4 Å². The Morgan fingerprint density at radius 2 is 0.900 bits per heavy atom. The third-order valence-electron chi connectivity index (χ3n) is 9.30. The molecule has 2 heterocycles. The second-order valence-corrected chi connectivity index (χ2v) is 12.5. The standard InChI is InChI=1S/C45H33N5/c1-32-13-12-18-39(31-32)50-44(33-14-4-2-5-15-33)46-47-45(50)34-23-25-36(26-24-34)48(35-16-6-3-7-17-35)37-27-29-38(30-28-37)49-42-21-10-8-19-40(42)41-20-9-11-22-43(41)49/h2-31H,1H3. The van der Waals surface area contributed by atoms with Gasteiger partial charge >= 0.3 is 0 Å². The third-order valence-corrected chi connectivity index (χ3v) is 9.30. The highest BCUT2D eigenvalue weighted by Crippen LogP contribution is 2.38. The molecule has 0 spiro atoms. The highest BCUT2D eigenvalue weighted by atomic mass is 15.3. The molecule has 0 unspecified atom stereocenters. The molecule has 5 heteroatoms. The van der Waals surface area contributed by atoms with Crippen LogP contribution in [0.1, 0.15) is 5.56 Å². The first-order valence-corrected chi connectivity index (χ1v) is 16.8. The summed E-state index contributed by atoms with van der Waals surface area (Å²) in [6.07, 6.45) is 0. The maximum atomic E-state index is 4.73. The van der Waals surface area contributed by atoms with E-state index in [1.807, 2.05) is 18.2 Å². The van der Waals surface area contributed by atoms with Crippen LogP contribution in [-0.4, -0.2) is 19.3 Å². The molecule has 7 aromatic carbocycles. The van der Waals surface area contributed by atoms with Gasteiger partial charge in [0.05, 0.1) is 11.0 Å². The van der Waals surface area contributed by atoms with Crippen molar-refractivity contribution in [3.63, 3.8) is 0 Å². The maximum Gasteiger partial charge on any atom is 0.168 e. The number of para-hydroxylation sites is 3. The number of hydrogen-bond donors (Lipinski definition) is 0. The van der Waals surface area contributed by atoms with Gasteiger partial charge in [-0.1, -0.05) is 97.1 Å². The molecule has 9 rings (SSSR count). The summed E-state index contributed by atoms with van der Waals surface area (Å²) < 4.78 is 4.50. The van der Waals surface area contributed by atoms with E-state index in [9.17, 15) is 0 Å². The minimum absolute atomic E-state index is 0.794. The summed E-state index contributed by atoms with van der Waals surface area (Å²) in [6.45, 7) is 2.11. The van der Waals surface area contributed by atoms with Crippen LogP contribution in [0, 0.1) is 6.92 Å². The molecule has 0 atom stereocenters. The van der Waals surface area contributed by atoms with Crippen LogP contribution in [0.25, 0.3) is 56.0 Å². The van der Waals surface area contributed by atoms with Crippen molar-refractivity contribution in [2.45, 2.75) is 6.92 Å². The summed E-state index contributed by atoms with van der Waals surface area (Å²) in [5.41, 5.74) is 10.9. The number of fused-ring (bicyclic) bond motifs is 3. The topological polar surface area (TPSA) is 38.9 Å². The summed E-state index contributed by atoms with van der Waals surface area (Å²) in [7, 11) is 0. The molecule has 0 aliphatic carbocycles. The Hall–Kier alpha value is -6.72. The van der Waals surface area contributed by atoms with Gasteiger partial charge < -0.3 is 9.47 Å². The number of benzene rings is 7. The molecular formula is C45H33N5. The van der Waals surface area contributed by atoms with Gasteiger partial charge in [-0.2, -0.15) is 0 Å². The molecule has 0 aliphatic heterocycles. The predicted molar refractivity (Wildman–Crippen MR) is 206 cm³/mol. The monoisotopic (exact) mass is 643 g/mol. The summed E-state index contributed by atoms with van der Waals surface area (Å²) in [5.74, 6) is 1.60. The Morgan fingerprint density at radius 3 is 1.50 bits per heavy atom. The van der Waals surface area contributed by atoms with Gasteiger partial charge in [-0.25, -0.2) is 0 Å². The molecule has 0 amide bonds. The van der Waals surface area contributed by atoms with E-state index in [0.717, 1.165) is 51.2 Å². The van der Waals surface area contributed by atoms with Crippen LogP contribution in [0.15, 0.2) is 182 Å². The number of anilines is 3. The Balaban J connectivity index is 1.12. The molecule has 0 saturated heterocycles. The fourth-order valence-electron chi connectivity index (χ4n) is 6.99. The van der Waals surface area contributed by atoms with Crippen LogP contribution in [0.5, 0.6) is 0 Å². The van der Waals surface area contributed by atoms with E-state index in [1.54, 1.807) is 0 Å². The fraction of sp³-hybridized carbons (Fsp3) is 0.0222. The van der Waals surface area contributed by atoms with Crippen molar-refractivity contribution >= 4 is 38.9 Å². The SMILES string of the molecule is Cc1cccc(-n2c(-c3ccccc3)nnc2-c2ccc(N(c3ccccc3)c3ccc(-n4c5ccccc5c5ccccc54)cc3)cc2)c1. The summed E-state index contributed by atoms with van der Waals surface area (Å²) in [4.78, 5) is 2.29. The van der Waals surface area contributed by atoms with Crippen molar-refractivity contribution in [2.75, 3.05) is 4.90 Å². The molecule has 9 aromatic rings. The van der Waals surface area contributed by atoms with E-state index in [4.69, 9.17) is 5.10 Å². The molecule has 0 saturated carbocycles. The Bertz CT molecular complexity index is 2530. The van der Waals surface area contributed by atoms with Gasteiger partial charge in [-0.3, -0.25) is 4.57 Å². The van der Waals surface area contributed by atoms with Gasteiger partial charge in [0.2, 0.25) is 0 Å². The zero-order chi connectivity index (χ0) is 33.4. The number of hydrogen-bond acceptors (Lipinski definition) is 3. The van der Waals surface area contributed by atoms with Crippen molar-refractivity contribution in [1.82, 2.24) is 19.3 Å². The van der Waals surface area contributed by atoms with E-state index in [-0.39, 0.29) is 0 Å². The summed E-state index contributed by atoms with van der Waals surface area (Å²) in [5, 5.41) is 11.9. The lowest BCUT2D eigenvalue weighted by molar-refractivity contribution is 1.07. The molecule has 0 fully saturated rings. The predicted octanol–water partition coefficient (Wildman–Crippen LogP) is 11.5. The normalized spacial score (nSPS) is 11.3. The Kier molecular flexibility index (Phi) is 7.29. The first-order chi connectivity index (χ1) is 24.7. The highest BCUT2D eigenvalue weighted by molar-refractivity contribution is 6.09. The van der Waals surface area contributed by atoms with Gasteiger partial charge in [0.1, 0.15) is 0 Å². The fourth-order valence-corrected chi connectivity index (χ4v) is 6.99. The molecule has 5 nitrogen and oxygen atoms in total. The number of aromatic nitrogens is 4. The van der Waals surface area contributed by atoms with E-state index in [1.165, 1.54) is 27.4 Å². The molecule has 0 bridgehead atoms. The van der Waals surface area contributed by atoms with Crippen LogP contribution < -0.4 is 4.90 Å². The Labute approximate surface area is 291 Å². The first kappa shape index (κ1) is 29.4. The number of aryl methyl sites for hydroxylation is 1. The smallest absolute Gasteiger partial charge is 0.168 e. The largest absolute Gasteiger partial charge is 0.311 e. The van der Waals surface area contributed by atoms with Crippen LogP contribution >= 0.6 is 0 Å². The molecule has 0 aliphatic rings. The average Bonchev–Trinajstić information content (AvgIpc) is 3.77. The van der Waals surface area contributed by atoms with Crippen LogP contribution in [-0.2, 0) is 0 Å². The third kappa shape index (κ3) is 5.13. The van der Waals surface area contributed by atoms with Crippen molar-refractivity contribution in [1.29, 1.82) is 0 Å². The van der Waals surface area contributed by atoms with Gasteiger partial charge in [0, 0.05) is 50.3 Å². The van der Waals surface area contributed by atoms with Crippen LogP contribution in [0.2, 0.25) is 0 Å². The summed E-state index contributed by atoms with van der Waals surface area (Å²) >= 11 is 0. The van der Waals surface area contributed by atoms with Crippen LogP contribution in [0.3, 0.4) is 0 Å². The zero-order valence-corrected chi connectivity index (χ0v) is 27.6. The van der Waals surface area contributed by atoms with Crippen molar-refractivity contribution in [2.24, 2.45) is 0 Å². The molecule has 238 valence electrons. The average molecular weight is 644 g/mol. The van der Waals surface area contributed by atoms with E-state index in [0.29, 0.717) is 0 Å². The number of rotatable bonds is 7. The van der Waals surface area contributed by atoms with Gasteiger partial charge in [0.25, 0.3) is 0 Å². The molecule has 0 radical (unpaired) electrons. The quantitative estimate of drug-likeness (QED) is 0.173.